The standard InChI is InChI=1S/C14H14BrClN4O2/c1-18-10-11(17-13(18)15)19(2)14(22)20(12(10)21)7-8-3-5-9(16)6-4-8/h3-6,14,22H,7H2,1-2H3. The fraction of sp³-hybridized carbons (Fsp3) is 0.286. The molecule has 1 aliphatic heterocycles. The number of halogens is 2. The van der Waals surface area contributed by atoms with Crippen molar-refractivity contribution in [1.29, 1.82) is 0 Å². The maximum Gasteiger partial charge on any atom is 0.278 e. The van der Waals surface area contributed by atoms with Crippen LogP contribution in [0.3, 0.4) is 0 Å². The molecule has 0 spiro atoms. The Balaban J connectivity index is 1.97. The van der Waals surface area contributed by atoms with E-state index < -0.39 is 6.35 Å². The third-order valence-electron chi connectivity index (χ3n) is 3.71. The van der Waals surface area contributed by atoms with Gasteiger partial charge >= 0.3 is 0 Å². The van der Waals surface area contributed by atoms with E-state index in [0.29, 0.717) is 21.3 Å². The lowest BCUT2D eigenvalue weighted by Gasteiger charge is -2.38. The van der Waals surface area contributed by atoms with Gasteiger partial charge in [0.05, 0.1) is 6.54 Å². The van der Waals surface area contributed by atoms with E-state index in [2.05, 4.69) is 20.9 Å². The number of benzene rings is 1. The number of amides is 1. The van der Waals surface area contributed by atoms with Crippen molar-refractivity contribution in [1.82, 2.24) is 14.5 Å². The van der Waals surface area contributed by atoms with Crippen LogP contribution in [0.1, 0.15) is 16.1 Å². The number of aromatic nitrogens is 2. The first-order chi connectivity index (χ1) is 10.4. The molecule has 0 aliphatic carbocycles. The summed E-state index contributed by atoms with van der Waals surface area (Å²) in [4.78, 5) is 19.9. The second kappa shape index (κ2) is 5.57. The van der Waals surface area contributed by atoms with E-state index in [1.165, 1.54) is 4.90 Å². The van der Waals surface area contributed by atoms with Crippen LogP contribution in [0.15, 0.2) is 29.0 Å². The van der Waals surface area contributed by atoms with Crippen LogP contribution in [-0.4, -0.2) is 38.9 Å². The molecule has 22 heavy (non-hydrogen) atoms. The van der Waals surface area contributed by atoms with Gasteiger partial charge in [-0.2, -0.15) is 0 Å². The van der Waals surface area contributed by atoms with Crippen molar-refractivity contribution in [3.8, 4) is 0 Å². The molecule has 1 amide bonds. The third-order valence-corrected chi connectivity index (χ3v) is 4.67. The number of aliphatic hydroxyl groups is 1. The van der Waals surface area contributed by atoms with E-state index in [0.717, 1.165) is 5.56 Å². The zero-order valence-corrected chi connectivity index (χ0v) is 14.3. The maximum atomic E-state index is 12.7. The third kappa shape index (κ3) is 2.39. The molecule has 116 valence electrons. The van der Waals surface area contributed by atoms with E-state index >= 15 is 0 Å². The molecule has 2 aromatic rings. The van der Waals surface area contributed by atoms with Gasteiger partial charge in [-0.25, -0.2) is 4.98 Å². The molecule has 1 N–H and O–H groups in total. The van der Waals surface area contributed by atoms with Crippen LogP contribution in [0.5, 0.6) is 0 Å². The number of carbonyl (C=O) groups excluding carboxylic acids is 1. The number of imidazole rings is 1. The van der Waals surface area contributed by atoms with Gasteiger partial charge in [-0.1, -0.05) is 23.7 Å². The van der Waals surface area contributed by atoms with Gasteiger partial charge in [-0.3, -0.25) is 9.69 Å². The topological polar surface area (TPSA) is 61.6 Å². The normalized spacial score (nSPS) is 17.9. The monoisotopic (exact) mass is 384 g/mol. The van der Waals surface area contributed by atoms with Crippen molar-refractivity contribution in [3.63, 3.8) is 0 Å². The fourth-order valence-corrected chi connectivity index (χ4v) is 2.91. The van der Waals surface area contributed by atoms with Crippen LogP contribution in [0.25, 0.3) is 0 Å². The number of nitrogens with zero attached hydrogens (tertiary/aromatic N) is 4. The first-order valence-electron chi connectivity index (χ1n) is 6.58. The fourth-order valence-electron chi connectivity index (χ4n) is 2.44. The quantitative estimate of drug-likeness (QED) is 0.861. The molecule has 2 heterocycles. The van der Waals surface area contributed by atoms with E-state index in [4.69, 9.17) is 11.6 Å². The highest BCUT2D eigenvalue weighted by Crippen LogP contribution is 2.31. The van der Waals surface area contributed by atoms with Crippen LogP contribution in [0.2, 0.25) is 5.02 Å². The molecular weight excluding hydrogens is 372 g/mol. The highest BCUT2D eigenvalue weighted by atomic mass is 79.9. The largest absolute Gasteiger partial charge is 0.356 e. The van der Waals surface area contributed by atoms with E-state index in [-0.39, 0.29) is 12.5 Å². The van der Waals surface area contributed by atoms with Crippen molar-refractivity contribution in [3.05, 3.63) is 45.3 Å². The number of rotatable bonds is 2. The summed E-state index contributed by atoms with van der Waals surface area (Å²) in [5.41, 5.74) is 1.32. The molecule has 1 aromatic carbocycles. The molecule has 8 heteroatoms. The number of hydrogen-bond acceptors (Lipinski definition) is 4. The van der Waals surface area contributed by atoms with Crippen LogP contribution < -0.4 is 4.90 Å². The molecule has 1 atom stereocenters. The smallest absolute Gasteiger partial charge is 0.278 e. The molecule has 0 bridgehead atoms. The molecule has 1 aliphatic rings. The van der Waals surface area contributed by atoms with Crippen LogP contribution >= 0.6 is 27.5 Å². The highest BCUT2D eigenvalue weighted by molar-refractivity contribution is 9.10. The van der Waals surface area contributed by atoms with Gasteiger partial charge in [0, 0.05) is 19.1 Å². The molecular formula is C14H14BrClN4O2. The number of carbonyl (C=O) groups is 1. The predicted octanol–water partition coefficient (Wildman–Crippen LogP) is 2.20. The summed E-state index contributed by atoms with van der Waals surface area (Å²) in [6.45, 7) is 0.281. The Morgan fingerprint density at radius 2 is 1.95 bits per heavy atom. The maximum absolute atomic E-state index is 12.7. The van der Waals surface area contributed by atoms with Crippen LogP contribution in [0, 0.1) is 0 Å². The summed E-state index contributed by atoms with van der Waals surface area (Å²) in [6, 6.07) is 7.18. The Morgan fingerprint density at radius 3 is 2.59 bits per heavy atom. The van der Waals surface area contributed by atoms with E-state index in [1.807, 2.05) is 12.1 Å². The summed E-state index contributed by atoms with van der Waals surface area (Å²) in [6.07, 6.45) is -1.07. The van der Waals surface area contributed by atoms with Gasteiger partial charge in [0.15, 0.2) is 16.2 Å². The Labute approximate surface area is 141 Å². The summed E-state index contributed by atoms with van der Waals surface area (Å²) < 4.78 is 2.20. The van der Waals surface area contributed by atoms with Crippen molar-refractivity contribution in [2.24, 2.45) is 7.05 Å². The number of anilines is 1. The van der Waals surface area contributed by atoms with Gasteiger partial charge < -0.3 is 14.6 Å². The molecule has 6 nitrogen and oxygen atoms in total. The Bertz CT molecular complexity index is 731. The first-order valence-corrected chi connectivity index (χ1v) is 7.75. The zero-order chi connectivity index (χ0) is 16.0. The molecule has 0 saturated heterocycles. The summed E-state index contributed by atoms with van der Waals surface area (Å²) in [7, 11) is 3.45. The highest BCUT2D eigenvalue weighted by Gasteiger charge is 2.38. The lowest BCUT2D eigenvalue weighted by atomic mass is 10.2. The number of fused-ring (bicyclic) bond motifs is 1. The predicted molar refractivity (Wildman–Crippen MR) is 86.6 cm³/mol. The van der Waals surface area contributed by atoms with Crippen molar-refractivity contribution in [2.45, 2.75) is 12.9 Å². The minimum atomic E-state index is -1.07. The second-order valence-corrected chi connectivity index (χ2v) is 6.27. The van der Waals surface area contributed by atoms with E-state index in [9.17, 15) is 9.90 Å². The van der Waals surface area contributed by atoms with Gasteiger partial charge in [-0.05, 0) is 33.6 Å². The molecule has 1 unspecified atom stereocenters. The number of aliphatic hydroxyl groups excluding tert-OH is 1. The van der Waals surface area contributed by atoms with Gasteiger partial charge in [0.1, 0.15) is 0 Å². The first kappa shape index (κ1) is 15.3. The minimum Gasteiger partial charge on any atom is -0.356 e. The Hall–Kier alpha value is -1.57. The molecule has 0 radical (unpaired) electrons. The van der Waals surface area contributed by atoms with Gasteiger partial charge in [-0.15, -0.1) is 0 Å². The molecule has 1 aromatic heterocycles. The zero-order valence-electron chi connectivity index (χ0n) is 12.0. The van der Waals surface area contributed by atoms with E-state index in [1.54, 1.807) is 35.7 Å². The average Bonchev–Trinajstić information content (AvgIpc) is 2.79. The molecule has 3 rings (SSSR count). The Morgan fingerprint density at radius 1 is 1.32 bits per heavy atom. The average molecular weight is 386 g/mol. The SMILES string of the molecule is CN1c2nc(Br)n(C)c2C(=O)N(Cc2ccc(Cl)cc2)C1O. The lowest BCUT2D eigenvalue weighted by Crippen LogP contribution is -2.53. The lowest BCUT2D eigenvalue weighted by molar-refractivity contribution is -0.000732. The number of hydrogen-bond donors (Lipinski definition) is 1. The van der Waals surface area contributed by atoms with Gasteiger partial charge in [0.2, 0.25) is 6.35 Å². The summed E-state index contributed by atoms with van der Waals surface area (Å²) in [5.74, 6) is 0.190. The Kier molecular flexibility index (Phi) is 3.88. The summed E-state index contributed by atoms with van der Waals surface area (Å²) >= 11 is 9.17. The van der Waals surface area contributed by atoms with Crippen LogP contribution in [0.4, 0.5) is 5.82 Å². The molecule has 0 fully saturated rings. The van der Waals surface area contributed by atoms with Crippen molar-refractivity contribution < 1.29 is 9.90 Å². The molecule has 0 saturated carbocycles. The van der Waals surface area contributed by atoms with Crippen molar-refractivity contribution in [2.75, 3.05) is 11.9 Å². The van der Waals surface area contributed by atoms with Crippen LogP contribution in [-0.2, 0) is 13.6 Å². The second-order valence-electron chi connectivity index (χ2n) is 5.13. The minimum absolute atomic E-state index is 0.267. The summed E-state index contributed by atoms with van der Waals surface area (Å²) in [5, 5.41) is 11.0. The van der Waals surface area contributed by atoms with Gasteiger partial charge in [0.25, 0.3) is 5.91 Å². The van der Waals surface area contributed by atoms with Crippen molar-refractivity contribution >= 4 is 39.3 Å².